The number of hydrogen-bond acceptors (Lipinski definition) is 10. The summed E-state index contributed by atoms with van der Waals surface area (Å²) in [7, 11) is 1.75. The topological polar surface area (TPSA) is 149 Å². The first-order valence-corrected chi connectivity index (χ1v) is 13.9. The second kappa shape index (κ2) is 11.6. The van der Waals surface area contributed by atoms with Gasteiger partial charge in [-0.25, -0.2) is 15.0 Å². The van der Waals surface area contributed by atoms with Crippen molar-refractivity contribution in [3.05, 3.63) is 67.7 Å². The van der Waals surface area contributed by atoms with Gasteiger partial charge in [0.2, 0.25) is 0 Å². The van der Waals surface area contributed by atoms with Crippen LogP contribution < -0.4 is 20.5 Å². The van der Waals surface area contributed by atoms with Gasteiger partial charge in [0.25, 0.3) is 5.56 Å². The van der Waals surface area contributed by atoms with Gasteiger partial charge in [0, 0.05) is 36.3 Å². The highest BCUT2D eigenvalue weighted by atomic mass is 35.5. The number of nitrogens with zero attached hydrogens (tertiary/aromatic N) is 5. The predicted molar refractivity (Wildman–Crippen MR) is 158 cm³/mol. The normalized spacial score (nSPS) is 15.4. The second-order valence-electron chi connectivity index (χ2n) is 10.5. The van der Waals surface area contributed by atoms with Gasteiger partial charge in [-0.1, -0.05) is 11.6 Å². The van der Waals surface area contributed by atoms with Crippen LogP contribution in [0.3, 0.4) is 0 Å². The number of ether oxygens (including phenoxy) is 1. The van der Waals surface area contributed by atoms with E-state index in [9.17, 15) is 15.0 Å². The Morgan fingerprint density at radius 1 is 1.24 bits per heavy atom. The Kier molecular flexibility index (Phi) is 8.12. The van der Waals surface area contributed by atoms with E-state index in [0.29, 0.717) is 70.7 Å². The van der Waals surface area contributed by atoms with Crippen LogP contribution in [0.25, 0.3) is 17.0 Å². The minimum atomic E-state index is -0.695. The van der Waals surface area contributed by atoms with Crippen LogP contribution in [0.1, 0.15) is 48.6 Å². The zero-order valence-corrected chi connectivity index (χ0v) is 24.3. The molecule has 0 unspecified atom stereocenters. The van der Waals surface area contributed by atoms with Crippen molar-refractivity contribution >= 4 is 28.7 Å². The zero-order chi connectivity index (χ0) is 29.4. The lowest BCUT2D eigenvalue weighted by molar-refractivity contribution is 0.108. The summed E-state index contributed by atoms with van der Waals surface area (Å²) < 4.78 is 7.56. The van der Waals surface area contributed by atoms with Crippen LogP contribution in [-0.4, -0.2) is 61.7 Å². The van der Waals surface area contributed by atoms with Crippen molar-refractivity contribution in [2.45, 2.75) is 59.4 Å². The number of benzene rings is 1. The Morgan fingerprint density at radius 3 is 2.73 bits per heavy atom. The van der Waals surface area contributed by atoms with E-state index in [0.717, 1.165) is 24.4 Å². The molecule has 0 bridgehead atoms. The van der Waals surface area contributed by atoms with Gasteiger partial charge in [0.15, 0.2) is 5.82 Å². The van der Waals surface area contributed by atoms with Crippen molar-refractivity contribution in [2.24, 2.45) is 0 Å². The molecule has 2 aliphatic rings. The Morgan fingerprint density at radius 2 is 2.02 bits per heavy atom. The van der Waals surface area contributed by atoms with E-state index >= 15 is 0 Å². The maximum atomic E-state index is 13.2. The summed E-state index contributed by atoms with van der Waals surface area (Å²) in [6.45, 7) is 6.82. The molecular weight excluding hydrogens is 546 g/mol. The van der Waals surface area contributed by atoms with Crippen LogP contribution >= 0.6 is 11.6 Å². The van der Waals surface area contributed by atoms with Gasteiger partial charge in [-0.05, 0) is 52.4 Å². The number of nitrogens with one attached hydrogen (secondary N) is 2. The average Bonchev–Trinajstić information content (AvgIpc) is 3.57. The van der Waals surface area contributed by atoms with E-state index < -0.39 is 6.10 Å². The Hall–Kier alpha value is -3.80. The second-order valence-corrected chi connectivity index (χ2v) is 10.9. The first-order chi connectivity index (χ1) is 19.6. The zero-order valence-electron chi connectivity index (χ0n) is 23.6. The summed E-state index contributed by atoms with van der Waals surface area (Å²) in [5, 5.41) is 32.3. The van der Waals surface area contributed by atoms with Crippen molar-refractivity contribution in [1.82, 2.24) is 24.8 Å². The number of hydrogen-bond donors (Lipinski definition) is 4. The molecule has 216 valence electrons. The van der Waals surface area contributed by atoms with E-state index in [1.54, 1.807) is 36.7 Å². The lowest BCUT2D eigenvalue weighted by Gasteiger charge is -2.22. The quantitative estimate of drug-likeness (QED) is 0.221. The van der Waals surface area contributed by atoms with Gasteiger partial charge in [-0.15, -0.1) is 0 Å². The monoisotopic (exact) mass is 579 g/mol. The summed E-state index contributed by atoms with van der Waals surface area (Å²) in [4.78, 5) is 29.7. The van der Waals surface area contributed by atoms with Gasteiger partial charge in [0.1, 0.15) is 35.9 Å². The number of allylic oxidation sites excluding steroid dienone is 2. The molecule has 3 aromatic rings. The third kappa shape index (κ3) is 5.57. The molecule has 41 heavy (non-hydrogen) atoms. The summed E-state index contributed by atoms with van der Waals surface area (Å²) in [6.07, 6.45) is 1.01. The Labute approximate surface area is 243 Å². The molecular formula is C29H34ClN7O4. The molecule has 2 aromatic heterocycles. The molecule has 0 saturated carbocycles. The molecule has 4 N–H and O–H groups in total. The van der Waals surface area contributed by atoms with Gasteiger partial charge in [-0.2, -0.15) is 0 Å². The van der Waals surface area contributed by atoms with Gasteiger partial charge < -0.3 is 30.6 Å². The molecule has 12 heteroatoms. The molecule has 4 heterocycles. The Balaban J connectivity index is 1.61. The van der Waals surface area contributed by atoms with Crippen LogP contribution in [-0.2, 0) is 26.1 Å². The minimum Gasteiger partial charge on any atom is -0.512 e. The smallest absolute Gasteiger partial charge is 0.258 e. The van der Waals surface area contributed by atoms with Crippen molar-refractivity contribution in [1.29, 1.82) is 5.41 Å². The maximum absolute atomic E-state index is 13.2. The SMILES string of the molecule is CNC[C@@H](O)COc1ccc(Cl)c(-c2nc(/C(C(C)=N)=C(\C)O)c(C)c(N3Cc4nc5n(c(=O)c4C3)CCC5)n2)c1. The average molecular weight is 580 g/mol. The number of anilines is 1. The fourth-order valence-corrected chi connectivity index (χ4v) is 5.62. The number of aliphatic hydroxyl groups is 2. The van der Waals surface area contributed by atoms with E-state index in [-0.39, 0.29) is 29.5 Å². The van der Waals surface area contributed by atoms with Gasteiger partial charge >= 0.3 is 0 Å². The van der Waals surface area contributed by atoms with Crippen molar-refractivity contribution in [2.75, 3.05) is 25.1 Å². The molecule has 0 radical (unpaired) electrons. The molecule has 11 nitrogen and oxygen atoms in total. The number of aromatic nitrogens is 4. The van der Waals surface area contributed by atoms with Crippen LogP contribution in [0.4, 0.5) is 5.82 Å². The van der Waals surface area contributed by atoms with Crippen molar-refractivity contribution < 1.29 is 14.9 Å². The Bertz CT molecular complexity index is 1610. The van der Waals surface area contributed by atoms with E-state index in [2.05, 4.69) is 5.32 Å². The van der Waals surface area contributed by atoms with Crippen molar-refractivity contribution in [3.63, 3.8) is 0 Å². The molecule has 2 aliphatic heterocycles. The number of rotatable bonds is 9. The fraction of sp³-hybridized carbons (Fsp3) is 0.414. The third-order valence-corrected chi connectivity index (χ3v) is 7.68. The lowest BCUT2D eigenvalue weighted by Crippen LogP contribution is -2.29. The van der Waals surface area contributed by atoms with Crippen LogP contribution in [0.15, 0.2) is 28.8 Å². The highest BCUT2D eigenvalue weighted by Gasteiger charge is 2.31. The standard InChI is InChI=1S/C29H34ClN7O4/c1-15-26(25(16(2)31)17(3)38)34-27(20-10-19(7-8-22(20)30)41-14-18(39)11-32-4)35-28(15)36-12-21-23(13-36)33-24-6-5-9-37(24)29(21)40/h7-8,10,18,31-32,38-39H,5-6,9,11-14H2,1-4H3/b25-17+,31-16?/t18-/m1/s1. The number of halogens is 1. The molecule has 0 saturated heterocycles. The molecule has 0 aliphatic carbocycles. The summed E-state index contributed by atoms with van der Waals surface area (Å²) >= 11 is 6.64. The minimum absolute atomic E-state index is 0.00682. The molecule has 0 amide bonds. The van der Waals surface area contributed by atoms with Crippen LogP contribution in [0.2, 0.25) is 5.02 Å². The maximum Gasteiger partial charge on any atom is 0.258 e. The van der Waals surface area contributed by atoms with E-state index in [1.165, 1.54) is 6.92 Å². The highest BCUT2D eigenvalue weighted by Crippen LogP contribution is 2.36. The fourth-order valence-electron chi connectivity index (χ4n) is 5.42. The first kappa shape index (κ1) is 28.7. The summed E-state index contributed by atoms with van der Waals surface area (Å²) in [6, 6.07) is 5.08. The molecule has 5 rings (SSSR count). The lowest BCUT2D eigenvalue weighted by atomic mass is 10.0. The molecule has 1 aromatic carbocycles. The van der Waals surface area contributed by atoms with Gasteiger partial charge in [-0.3, -0.25) is 9.36 Å². The molecule has 0 fully saturated rings. The van der Waals surface area contributed by atoms with Crippen LogP contribution in [0.5, 0.6) is 5.75 Å². The van der Waals surface area contributed by atoms with Crippen LogP contribution in [0, 0.1) is 12.3 Å². The highest BCUT2D eigenvalue weighted by molar-refractivity contribution is 6.33. The summed E-state index contributed by atoms with van der Waals surface area (Å²) in [5.41, 5.74) is 3.37. The molecule has 1 atom stereocenters. The number of aliphatic hydroxyl groups excluding tert-OH is 2. The number of fused-ring (bicyclic) bond motifs is 2. The molecule has 0 spiro atoms. The van der Waals surface area contributed by atoms with E-state index in [1.807, 2.05) is 11.8 Å². The summed E-state index contributed by atoms with van der Waals surface area (Å²) in [5.74, 6) is 2.08. The number of likely N-dealkylation sites (N-methyl/N-ethyl adjacent to an activating group) is 1. The number of aryl methyl sites for hydroxylation is 1. The first-order valence-electron chi connectivity index (χ1n) is 13.5. The largest absolute Gasteiger partial charge is 0.512 e. The van der Waals surface area contributed by atoms with Gasteiger partial charge in [0.05, 0.1) is 40.6 Å². The van der Waals surface area contributed by atoms with E-state index in [4.69, 9.17) is 36.7 Å². The predicted octanol–water partition coefficient (Wildman–Crippen LogP) is 3.42. The third-order valence-electron chi connectivity index (χ3n) is 7.35. The van der Waals surface area contributed by atoms with Crippen molar-refractivity contribution in [3.8, 4) is 17.1 Å².